The zero-order valence-corrected chi connectivity index (χ0v) is 11.9. The molecule has 0 aliphatic heterocycles. The Kier molecular flexibility index (Phi) is 4.49. The minimum absolute atomic E-state index is 0. The van der Waals surface area contributed by atoms with Gasteiger partial charge in [-0.25, -0.2) is 0 Å². The van der Waals surface area contributed by atoms with Gasteiger partial charge < -0.3 is 5.11 Å². The first-order valence-electron chi connectivity index (χ1n) is 2.23. The van der Waals surface area contributed by atoms with E-state index < -0.39 is 0 Å². The second kappa shape index (κ2) is 4.28. The van der Waals surface area contributed by atoms with Crippen LogP contribution in [-0.2, 0) is 27.7 Å². The van der Waals surface area contributed by atoms with Crippen molar-refractivity contribution in [1.29, 1.82) is 0 Å². The van der Waals surface area contributed by atoms with Gasteiger partial charge in [0.25, 0.3) is 0 Å². The van der Waals surface area contributed by atoms with E-state index in [9.17, 15) is 0 Å². The predicted octanol–water partition coefficient (Wildman–Crippen LogP) is 2.15. The van der Waals surface area contributed by atoms with E-state index in [2.05, 4.69) is 15.9 Å². The smallest absolute Gasteiger partial charge is 0.115 e. The molecule has 1 rings (SSSR count). The van der Waals surface area contributed by atoms with Crippen LogP contribution in [-0.4, -0.2) is 5.11 Å². The number of hydrogen-bond acceptors (Lipinski definition) is 1. The molecule has 0 saturated heterocycles. The molecular weight excluding hydrogens is 369 g/mol. The first-order chi connectivity index (χ1) is 3.79. The largest absolute Gasteiger partial charge is 0.508 e. The summed E-state index contributed by atoms with van der Waals surface area (Å²) in [6.07, 6.45) is 0. The third-order valence-electron chi connectivity index (χ3n) is 0.827. The molecule has 0 radical (unpaired) electrons. The molecule has 0 atom stereocenters. The van der Waals surface area contributed by atoms with Crippen molar-refractivity contribution in [3.63, 3.8) is 0 Å². The Morgan fingerprint density at radius 1 is 1.11 bits per heavy atom. The second-order valence-electron chi connectivity index (χ2n) is 1.48. The quantitative estimate of drug-likeness (QED) is 0.691. The number of benzene rings is 1. The van der Waals surface area contributed by atoms with E-state index in [1.54, 1.807) is 24.3 Å². The van der Waals surface area contributed by atoms with Crippen molar-refractivity contribution in [2.24, 2.45) is 0 Å². The topological polar surface area (TPSA) is 20.2 Å². The number of halogens is 1. The molecule has 0 aromatic heterocycles. The molecular formula is C6H5BrHgO. The number of phenolic OH excluding ortho intramolecular Hbond substituents is 1. The average molecular weight is 374 g/mol. The maximum atomic E-state index is 8.74. The van der Waals surface area contributed by atoms with Crippen molar-refractivity contribution < 1.29 is 32.8 Å². The molecule has 44 valence electrons. The van der Waals surface area contributed by atoms with Gasteiger partial charge in [-0.3, -0.25) is 0 Å². The van der Waals surface area contributed by atoms with Gasteiger partial charge in [-0.1, -0.05) is 15.9 Å². The molecule has 0 fully saturated rings. The van der Waals surface area contributed by atoms with E-state index in [1.807, 2.05) is 0 Å². The Labute approximate surface area is 82.7 Å². The average Bonchev–Trinajstić information content (AvgIpc) is 1.77. The normalized spacial score (nSPS) is 8.11. The Morgan fingerprint density at radius 3 is 1.89 bits per heavy atom. The third-order valence-corrected chi connectivity index (χ3v) is 1.36. The van der Waals surface area contributed by atoms with Crippen LogP contribution in [0.3, 0.4) is 0 Å². The Balaban J connectivity index is 0.000000640. The minimum Gasteiger partial charge on any atom is -0.508 e. The molecule has 9 heavy (non-hydrogen) atoms. The Hall–Kier alpha value is 0.435. The summed E-state index contributed by atoms with van der Waals surface area (Å²) < 4.78 is 0.982. The van der Waals surface area contributed by atoms with Crippen LogP contribution in [0, 0.1) is 0 Å². The Morgan fingerprint density at radius 2 is 1.56 bits per heavy atom. The third kappa shape index (κ3) is 3.21. The molecule has 0 saturated carbocycles. The van der Waals surface area contributed by atoms with E-state index in [-0.39, 0.29) is 27.7 Å². The molecule has 1 N–H and O–H groups in total. The van der Waals surface area contributed by atoms with Gasteiger partial charge in [0.15, 0.2) is 0 Å². The molecule has 0 heterocycles. The van der Waals surface area contributed by atoms with E-state index in [0.29, 0.717) is 5.75 Å². The predicted molar refractivity (Wildman–Crippen MR) is 35.8 cm³/mol. The molecule has 1 aromatic rings. The van der Waals surface area contributed by atoms with Crippen LogP contribution in [0.25, 0.3) is 0 Å². The molecule has 1 nitrogen and oxygen atoms in total. The van der Waals surface area contributed by atoms with Crippen LogP contribution in [0.15, 0.2) is 28.7 Å². The van der Waals surface area contributed by atoms with Gasteiger partial charge in [0.2, 0.25) is 0 Å². The van der Waals surface area contributed by atoms with Crippen LogP contribution < -0.4 is 0 Å². The zero-order chi connectivity index (χ0) is 5.98. The van der Waals surface area contributed by atoms with Crippen molar-refractivity contribution >= 4 is 15.9 Å². The van der Waals surface area contributed by atoms with Crippen molar-refractivity contribution in [2.75, 3.05) is 0 Å². The van der Waals surface area contributed by atoms with Crippen LogP contribution >= 0.6 is 15.9 Å². The number of hydrogen-bond donors (Lipinski definition) is 1. The fourth-order valence-corrected chi connectivity index (χ4v) is 0.705. The number of aromatic hydroxyl groups is 1. The zero-order valence-electron chi connectivity index (χ0n) is 4.84. The van der Waals surface area contributed by atoms with Gasteiger partial charge >= 0.3 is 0 Å². The summed E-state index contributed by atoms with van der Waals surface area (Å²) in [6.45, 7) is 0. The Bertz CT molecular complexity index is 152. The maximum absolute atomic E-state index is 8.74. The summed E-state index contributed by atoms with van der Waals surface area (Å²) in [4.78, 5) is 0. The first-order valence-corrected chi connectivity index (χ1v) is 3.03. The molecule has 0 aliphatic carbocycles. The van der Waals surface area contributed by atoms with E-state index >= 15 is 0 Å². The number of phenols is 1. The summed E-state index contributed by atoms with van der Waals surface area (Å²) in [5.74, 6) is 0.299. The van der Waals surface area contributed by atoms with Crippen molar-refractivity contribution in [2.45, 2.75) is 0 Å². The fourth-order valence-electron chi connectivity index (χ4n) is 0.441. The van der Waals surface area contributed by atoms with Gasteiger partial charge in [0.1, 0.15) is 5.75 Å². The van der Waals surface area contributed by atoms with Crippen molar-refractivity contribution in [1.82, 2.24) is 0 Å². The van der Waals surface area contributed by atoms with Crippen LogP contribution in [0.5, 0.6) is 5.75 Å². The van der Waals surface area contributed by atoms with Crippen molar-refractivity contribution in [3.05, 3.63) is 28.7 Å². The van der Waals surface area contributed by atoms with Crippen LogP contribution in [0.2, 0.25) is 0 Å². The maximum Gasteiger partial charge on any atom is 0.115 e. The second-order valence-corrected chi connectivity index (χ2v) is 2.39. The van der Waals surface area contributed by atoms with Crippen molar-refractivity contribution in [3.8, 4) is 5.75 Å². The monoisotopic (exact) mass is 374 g/mol. The SMILES string of the molecule is Oc1ccc(Br)cc1.[Hg]. The van der Waals surface area contributed by atoms with E-state index in [0.717, 1.165) is 4.47 Å². The van der Waals surface area contributed by atoms with E-state index in [4.69, 9.17) is 5.11 Å². The van der Waals surface area contributed by atoms with Crippen LogP contribution in [0.1, 0.15) is 0 Å². The summed E-state index contributed by atoms with van der Waals surface area (Å²) in [5.41, 5.74) is 0. The van der Waals surface area contributed by atoms with E-state index in [1.165, 1.54) is 0 Å². The van der Waals surface area contributed by atoms with Gasteiger partial charge in [0, 0.05) is 32.1 Å². The summed E-state index contributed by atoms with van der Waals surface area (Å²) in [6, 6.07) is 6.83. The van der Waals surface area contributed by atoms with Gasteiger partial charge in [-0.2, -0.15) is 0 Å². The first kappa shape index (κ1) is 9.44. The standard InChI is InChI=1S/C6H5BrO.Hg/c7-5-1-3-6(8)4-2-5;/h1-4,8H;. The molecule has 0 amide bonds. The molecule has 0 spiro atoms. The molecule has 3 heteroatoms. The molecule has 0 unspecified atom stereocenters. The van der Waals surface area contributed by atoms with Gasteiger partial charge in [-0.05, 0) is 24.3 Å². The summed E-state index contributed by atoms with van der Waals surface area (Å²) in [7, 11) is 0. The summed E-state index contributed by atoms with van der Waals surface area (Å²) in [5, 5.41) is 8.74. The summed E-state index contributed by atoms with van der Waals surface area (Å²) >= 11 is 3.23. The molecule has 1 aromatic carbocycles. The van der Waals surface area contributed by atoms with Gasteiger partial charge in [-0.15, -0.1) is 0 Å². The number of rotatable bonds is 0. The van der Waals surface area contributed by atoms with Gasteiger partial charge in [0.05, 0.1) is 0 Å². The van der Waals surface area contributed by atoms with Crippen LogP contribution in [0.4, 0.5) is 0 Å². The fraction of sp³-hybridized carbons (Fsp3) is 0. The molecule has 0 aliphatic rings. The minimum atomic E-state index is 0. The molecule has 0 bridgehead atoms.